The Morgan fingerprint density at radius 3 is 1.00 bits per heavy atom. The van der Waals surface area contributed by atoms with Gasteiger partial charge < -0.3 is 22.4 Å². The first kappa shape index (κ1) is 82.1. The van der Waals surface area contributed by atoms with Crippen LogP contribution in [0.4, 0.5) is 0 Å². The third-order valence-electron chi connectivity index (χ3n) is 29.9. The number of benzene rings is 23. The molecule has 16 heteroatoms. The van der Waals surface area contributed by atoms with Gasteiger partial charge in [0, 0.05) is 97.7 Å². The zero-order valence-electron chi connectivity index (χ0n) is 77.3. The number of para-hydroxylation sites is 8. The fourth-order valence-electron chi connectivity index (χ4n) is 23.7. The molecule has 13 nitrogen and oxygen atoms in total. The summed E-state index contributed by atoms with van der Waals surface area (Å²) in [4.78, 5) is 29.6. The first-order valence-corrected chi connectivity index (χ1v) is 49.8. The van der Waals surface area contributed by atoms with Crippen LogP contribution in [0.5, 0.6) is 0 Å². The van der Waals surface area contributed by atoms with Crippen molar-refractivity contribution >= 4 is 296 Å². The molecular weight excluding hydrogens is 1860 g/mol. The van der Waals surface area contributed by atoms with Gasteiger partial charge in [0.15, 0.2) is 43.8 Å². The predicted molar refractivity (Wildman–Crippen MR) is 606 cm³/mol. The van der Waals surface area contributed by atoms with E-state index in [4.69, 9.17) is 73.0 Å². The van der Waals surface area contributed by atoms with Crippen LogP contribution >= 0.6 is 34.8 Å². The van der Waals surface area contributed by atoms with Gasteiger partial charge in [-0.1, -0.05) is 350 Å². The van der Waals surface area contributed by atoms with Gasteiger partial charge in [-0.05, 0) is 196 Å². The van der Waals surface area contributed by atoms with Gasteiger partial charge in [-0.15, -0.1) is 0 Å². The standard InChI is InChI=1S/C52H29ClN4O.C40H22ClN3O.C38H20ClN3O/c53-51-52(55-41-20-10-9-19-40(41)54-51)57-44-26-23-32(31-22-25-43-38(28-31)35-16-8-11-21-42(35)56(43)33-13-2-1-3-14-33)29-39(44)46-36-17-6-7-18-37(36)48-47-34-15-5-4-12-30(34)24-27-45(47)58-50(48)49(46)57;41-40-37(42-30-14-6-7-15-31(30)43-40)24-17-20-25(21-18-24)44-32-16-8-5-13-29(32)34-27-11-3-4-12-28(27)36-35-26-10-2-1-9-23(26)19-22-33(35)45-39(36)38(34)44;39-37-38(41-34-24-12-4-2-10-22(24)17-19-28(34)40-37)42-29-16-8-7-15-27(29)31-25-13-5-6-14-26(25)33-32-23-11-3-1-9-21(23)18-20-30(32)43-36(33)35(31)42/h1-29H;1-22H;1-20H. The summed E-state index contributed by atoms with van der Waals surface area (Å²) in [6.07, 6.45) is 0. The highest BCUT2D eigenvalue weighted by Crippen LogP contribution is 2.54. The van der Waals surface area contributed by atoms with Crippen molar-refractivity contribution in [2.75, 3.05) is 0 Å². The zero-order chi connectivity index (χ0) is 95.9. The number of fused-ring (bicyclic) bond motifs is 44. The van der Waals surface area contributed by atoms with Gasteiger partial charge in [-0.25, -0.2) is 29.9 Å². The first-order valence-electron chi connectivity index (χ1n) is 48.7. The van der Waals surface area contributed by atoms with Crippen LogP contribution < -0.4 is 0 Å². The Morgan fingerprint density at radius 2 is 0.507 bits per heavy atom. The van der Waals surface area contributed by atoms with Gasteiger partial charge in [0.1, 0.15) is 22.4 Å². The third kappa shape index (κ3) is 12.0. The van der Waals surface area contributed by atoms with Crippen LogP contribution in [0.1, 0.15) is 0 Å². The van der Waals surface area contributed by atoms with E-state index in [1.807, 2.05) is 66.7 Å². The molecular formula is C130H71Cl3N10O3. The number of nitrogens with zero attached hydrogens (tertiary/aromatic N) is 10. The van der Waals surface area contributed by atoms with Gasteiger partial charge in [0.05, 0.1) is 77.2 Å². The minimum absolute atomic E-state index is 0.324. The van der Waals surface area contributed by atoms with E-state index < -0.39 is 0 Å². The van der Waals surface area contributed by atoms with E-state index in [2.05, 4.69) is 387 Å². The molecule has 146 heavy (non-hydrogen) atoms. The predicted octanol–water partition coefficient (Wildman–Crippen LogP) is 36.3. The van der Waals surface area contributed by atoms with Crippen molar-refractivity contribution in [1.82, 2.24) is 48.2 Å². The van der Waals surface area contributed by atoms with E-state index in [9.17, 15) is 0 Å². The summed E-state index contributed by atoms with van der Waals surface area (Å²) in [5, 5.41) is 33.1. The molecule has 10 aromatic heterocycles. The lowest BCUT2D eigenvalue weighted by molar-refractivity contribution is 0.671. The van der Waals surface area contributed by atoms with E-state index in [1.54, 1.807) is 0 Å². The molecule has 680 valence electrons. The summed E-state index contributed by atoms with van der Waals surface area (Å²) in [6.45, 7) is 0. The molecule has 0 unspecified atom stereocenters. The van der Waals surface area contributed by atoms with Crippen molar-refractivity contribution in [3.8, 4) is 45.4 Å². The molecule has 0 amide bonds. The SMILES string of the molecule is Clc1nc2ccc3ccccc3c2nc1-n1c2ccccc2c2c3ccccc3c3c(oc4ccc5ccccc5c43)c21.Clc1nc2ccccc2nc1-c1ccc(-n2c3ccccc3c3c4ccccc4c4c(oc5ccc6ccccc6c54)c32)cc1.Clc1nc2ccccc2nc1-n1c2ccc(-c3ccc4c(c3)c3ccccc3n4-c3ccccc3)cc2c2c3ccccc3c3c(oc4ccc5ccccc5c43)c21. The molecule has 0 N–H and O–H groups in total. The maximum atomic E-state index is 7.17. The molecule has 0 saturated carbocycles. The summed E-state index contributed by atoms with van der Waals surface area (Å²) in [5.41, 5.74) is 24.1. The Kier molecular flexibility index (Phi) is 17.8. The van der Waals surface area contributed by atoms with Crippen LogP contribution in [-0.2, 0) is 0 Å². The monoisotopic (exact) mass is 1920 g/mol. The molecule has 0 aliphatic heterocycles. The lowest BCUT2D eigenvalue weighted by atomic mass is 9.95. The summed E-state index contributed by atoms with van der Waals surface area (Å²) >= 11 is 20.9. The van der Waals surface area contributed by atoms with Crippen molar-refractivity contribution in [3.05, 3.63) is 446 Å². The molecule has 33 rings (SSSR count). The summed E-state index contributed by atoms with van der Waals surface area (Å²) in [6, 6.07) is 151. The van der Waals surface area contributed by atoms with E-state index >= 15 is 0 Å². The van der Waals surface area contributed by atoms with Gasteiger partial charge in [-0.2, -0.15) is 0 Å². The Balaban J connectivity index is 0.000000101. The number of rotatable bonds is 6. The first-order chi connectivity index (χ1) is 72.2. The van der Waals surface area contributed by atoms with Crippen molar-refractivity contribution in [1.29, 1.82) is 0 Å². The number of halogens is 3. The molecule has 0 fully saturated rings. The van der Waals surface area contributed by atoms with Gasteiger partial charge in [0.2, 0.25) is 0 Å². The molecule has 0 radical (unpaired) electrons. The highest BCUT2D eigenvalue weighted by atomic mass is 35.5. The Bertz CT molecular complexity index is 11500. The second kappa shape index (κ2) is 31.7. The molecule has 0 aliphatic carbocycles. The van der Waals surface area contributed by atoms with Crippen LogP contribution in [0.3, 0.4) is 0 Å². The summed E-state index contributed by atoms with van der Waals surface area (Å²) in [7, 11) is 0. The Hall–Kier alpha value is -18.6. The number of hydrogen-bond donors (Lipinski definition) is 0. The van der Waals surface area contributed by atoms with E-state index in [1.165, 1.54) is 70.3 Å². The normalized spacial score (nSPS) is 12.2. The second-order valence-electron chi connectivity index (χ2n) is 37.6. The Labute approximate surface area is 843 Å². The zero-order valence-corrected chi connectivity index (χ0v) is 79.6. The number of aromatic nitrogens is 10. The van der Waals surface area contributed by atoms with Crippen molar-refractivity contribution in [3.63, 3.8) is 0 Å². The van der Waals surface area contributed by atoms with Gasteiger partial charge in [0.25, 0.3) is 0 Å². The van der Waals surface area contributed by atoms with Crippen LogP contribution in [0.25, 0.3) is 307 Å². The van der Waals surface area contributed by atoms with E-state index in [0.29, 0.717) is 32.8 Å². The Morgan fingerprint density at radius 1 is 0.185 bits per heavy atom. The highest BCUT2D eigenvalue weighted by Gasteiger charge is 2.32. The maximum absolute atomic E-state index is 7.17. The molecule has 0 saturated heterocycles. The number of furan rings is 3. The fraction of sp³-hybridized carbons (Fsp3) is 0. The molecule has 0 spiro atoms. The molecule has 0 bridgehead atoms. The van der Waals surface area contributed by atoms with Gasteiger partial charge >= 0.3 is 0 Å². The summed E-state index contributed by atoms with van der Waals surface area (Å²) < 4.78 is 29.8. The fourth-order valence-corrected chi connectivity index (χ4v) is 24.4. The molecule has 10 heterocycles. The van der Waals surface area contributed by atoms with Crippen LogP contribution in [0.2, 0.25) is 15.5 Å². The van der Waals surface area contributed by atoms with Crippen molar-refractivity contribution in [2.45, 2.75) is 0 Å². The van der Waals surface area contributed by atoms with E-state index in [0.717, 1.165) is 219 Å². The molecule has 0 atom stereocenters. The molecule has 33 aromatic rings. The molecule has 0 aliphatic rings. The highest BCUT2D eigenvalue weighted by molar-refractivity contribution is 6.42. The summed E-state index contributed by atoms with van der Waals surface area (Å²) in [5.74, 6) is 1.14. The average Bonchev–Trinajstić information content (AvgIpc) is 1.55. The smallest absolute Gasteiger partial charge is 0.176 e. The number of hydrogen-bond acceptors (Lipinski definition) is 9. The quantitative estimate of drug-likeness (QED) is 0.149. The van der Waals surface area contributed by atoms with Crippen molar-refractivity contribution in [2.24, 2.45) is 0 Å². The lowest BCUT2D eigenvalue weighted by Crippen LogP contribution is -2.02. The topological polar surface area (TPSA) is 136 Å². The van der Waals surface area contributed by atoms with Crippen LogP contribution in [0, 0.1) is 0 Å². The van der Waals surface area contributed by atoms with Gasteiger partial charge in [-0.3, -0.25) is 9.13 Å². The van der Waals surface area contributed by atoms with Crippen LogP contribution in [0.15, 0.2) is 444 Å². The maximum Gasteiger partial charge on any atom is 0.176 e. The van der Waals surface area contributed by atoms with Crippen molar-refractivity contribution < 1.29 is 13.3 Å². The average molecular weight is 1930 g/mol. The molecule has 23 aromatic carbocycles. The minimum Gasteiger partial charge on any atom is -0.454 e. The lowest BCUT2D eigenvalue weighted by Gasteiger charge is -2.12. The second-order valence-corrected chi connectivity index (χ2v) is 38.7. The van der Waals surface area contributed by atoms with Crippen LogP contribution in [-0.4, -0.2) is 48.2 Å². The largest absolute Gasteiger partial charge is 0.454 e. The third-order valence-corrected chi connectivity index (χ3v) is 30.7. The van der Waals surface area contributed by atoms with E-state index in [-0.39, 0.29) is 0 Å². The minimum atomic E-state index is 0.324.